The van der Waals surface area contributed by atoms with Crippen molar-refractivity contribution >= 4 is 0 Å². The molecule has 4 nitrogen and oxygen atoms in total. The van der Waals surface area contributed by atoms with Gasteiger partial charge in [-0.1, -0.05) is 13.8 Å². The van der Waals surface area contributed by atoms with Crippen molar-refractivity contribution < 1.29 is 0 Å². The van der Waals surface area contributed by atoms with Gasteiger partial charge < -0.3 is 9.47 Å². The van der Waals surface area contributed by atoms with Gasteiger partial charge in [0.1, 0.15) is 11.6 Å². The molecule has 1 rings (SSSR count). The Bertz CT molecular complexity index is 495. The van der Waals surface area contributed by atoms with Crippen molar-refractivity contribution in [2.45, 2.75) is 32.7 Å². The van der Waals surface area contributed by atoms with Gasteiger partial charge in [0, 0.05) is 12.2 Å². The minimum atomic E-state index is -0.164. The van der Waals surface area contributed by atoms with Gasteiger partial charge in [0.2, 0.25) is 0 Å². The number of nitriles is 1. The SMILES string of the molecule is CC(C)c1ccc(C#N)c(=O)n1CCCN(C)C. The van der Waals surface area contributed by atoms with Crippen molar-refractivity contribution in [2.24, 2.45) is 0 Å². The number of hydrogen-bond donors (Lipinski definition) is 0. The van der Waals surface area contributed by atoms with Crippen LogP contribution in [0.1, 0.15) is 37.4 Å². The molecule has 0 aliphatic carbocycles. The van der Waals surface area contributed by atoms with Gasteiger partial charge in [0.05, 0.1) is 0 Å². The van der Waals surface area contributed by atoms with E-state index in [1.54, 1.807) is 10.6 Å². The van der Waals surface area contributed by atoms with Crippen molar-refractivity contribution in [3.05, 3.63) is 33.7 Å². The number of rotatable bonds is 5. The molecule has 1 aromatic heterocycles. The normalized spacial score (nSPS) is 10.9. The first-order chi connectivity index (χ1) is 8.47. The molecular weight excluding hydrogens is 226 g/mol. The first-order valence-corrected chi connectivity index (χ1v) is 6.26. The van der Waals surface area contributed by atoms with Gasteiger partial charge in [-0.3, -0.25) is 4.79 Å². The highest BCUT2D eigenvalue weighted by atomic mass is 16.1. The summed E-state index contributed by atoms with van der Waals surface area (Å²) in [4.78, 5) is 14.2. The molecule has 1 aromatic rings. The fraction of sp³-hybridized carbons (Fsp3) is 0.571. The van der Waals surface area contributed by atoms with Crippen LogP contribution in [0, 0.1) is 11.3 Å². The zero-order valence-electron chi connectivity index (χ0n) is 11.6. The Morgan fingerprint density at radius 3 is 2.56 bits per heavy atom. The molecule has 0 radical (unpaired) electrons. The summed E-state index contributed by atoms with van der Waals surface area (Å²) < 4.78 is 1.74. The summed E-state index contributed by atoms with van der Waals surface area (Å²) >= 11 is 0. The Morgan fingerprint density at radius 2 is 2.06 bits per heavy atom. The summed E-state index contributed by atoms with van der Waals surface area (Å²) in [6, 6.07) is 5.47. The Kier molecular flexibility index (Phi) is 5.11. The predicted molar refractivity (Wildman–Crippen MR) is 72.7 cm³/mol. The smallest absolute Gasteiger partial charge is 0.268 e. The van der Waals surface area contributed by atoms with Crippen LogP contribution in [0.2, 0.25) is 0 Å². The van der Waals surface area contributed by atoms with Crippen LogP contribution in [0.15, 0.2) is 16.9 Å². The average Bonchev–Trinajstić information content (AvgIpc) is 2.30. The van der Waals surface area contributed by atoms with E-state index in [2.05, 4.69) is 18.7 Å². The van der Waals surface area contributed by atoms with E-state index in [-0.39, 0.29) is 17.0 Å². The highest BCUT2D eigenvalue weighted by molar-refractivity contribution is 5.28. The van der Waals surface area contributed by atoms with Crippen molar-refractivity contribution in [3.63, 3.8) is 0 Å². The van der Waals surface area contributed by atoms with Crippen molar-refractivity contribution in [1.82, 2.24) is 9.47 Å². The topological polar surface area (TPSA) is 49.0 Å². The summed E-state index contributed by atoms with van der Waals surface area (Å²) in [5, 5.41) is 8.91. The molecule has 0 N–H and O–H groups in total. The molecule has 0 fully saturated rings. The monoisotopic (exact) mass is 247 g/mol. The lowest BCUT2D eigenvalue weighted by Crippen LogP contribution is -2.27. The summed E-state index contributed by atoms with van der Waals surface area (Å²) in [6.07, 6.45) is 0.904. The lowest BCUT2D eigenvalue weighted by atomic mass is 10.1. The van der Waals surface area contributed by atoms with E-state index < -0.39 is 0 Å². The molecule has 0 unspecified atom stereocenters. The molecule has 0 aliphatic heterocycles. The van der Waals surface area contributed by atoms with E-state index in [9.17, 15) is 4.79 Å². The number of nitrogens with zero attached hydrogens (tertiary/aromatic N) is 3. The molecule has 4 heteroatoms. The summed E-state index contributed by atoms with van der Waals surface area (Å²) in [5.74, 6) is 0.282. The number of aromatic nitrogens is 1. The molecule has 0 bridgehead atoms. The van der Waals surface area contributed by atoms with Crippen LogP contribution >= 0.6 is 0 Å². The Balaban J connectivity index is 3.05. The summed E-state index contributed by atoms with van der Waals surface area (Å²) in [5.41, 5.74) is 1.06. The van der Waals surface area contributed by atoms with Crippen molar-refractivity contribution in [2.75, 3.05) is 20.6 Å². The van der Waals surface area contributed by atoms with Gasteiger partial charge in [-0.25, -0.2) is 0 Å². The van der Waals surface area contributed by atoms with E-state index in [0.29, 0.717) is 6.54 Å². The van der Waals surface area contributed by atoms with Crippen LogP contribution < -0.4 is 5.56 Å². The molecular formula is C14H21N3O. The van der Waals surface area contributed by atoms with Crippen LogP contribution in [0.25, 0.3) is 0 Å². The molecule has 98 valence electrons. The van der Waals surface area contributed by atoms with Crippen LogP contribution in [-0.4, -0.2) is 30.1 Å². The van der Waals surface area contributed by atoms with Gasteiger partial charge in [-0.05, 0) is 45.1 Å². The number of hydrogen-bond acceptors (Lipinski definition) is 3. The lowest BCUT2D eigenvalue weighted by molar-refractivity contribution is 0.382. The standard InChI is InChI=1S/C14H21N3O/c1-11(2)13-7-6-12(10-15)14(18)17(13)9-5-8-16(3)4/h6-7,11H,5,8-9H2,1-4H3. The van der Waals surface area contributed by atoms with Crippen LogP contribution in [0.5, 0.6) is 0 Å². The van der Waals surface area contributed by atoms with E-state index in [0.717, 1.165) is 18.7 Å². The molecule has 0 aromatic carbocycles. The Hall–Kier alpha value is -1.60. The van der Waals surface area contributed by atoms with Gasteiger partial charge in [-0.2, -0.15) is 5.26 Å². The minimum absolute atomic E-state index is 0.164. The summed E-state index contributed by atoms with van der Waals surface area (Å²) in [6.45, 7) is 5.72. The fourth-order valence-corrected chi connectivity index (χ4v) is 1.96. The van der Waals surface area contributed by atoms with Gasteiger partial charge in [-0.15, -0.1) is 0 Å². The maximum Gasteiger partial charge on any atom is 0.268 e. The Labute approximate surface area is 108 Å². The van der Waals surface area contributed by atoms with Crippen molar-refractivity contribution in [3.8, 4) is 6.07 Å². The van der Waals surface area contributed by atoms with Crippen molar-refractivity contribution in [1.29, 1.82) is 5.26 Å². The molecule has 0 spiro atoms. The zero-order chi connectivity index (χ0) is 13.7. The second-order valence-electron chi connectivity index (χ2n) is 5.05. The second-order valence-corrected chi connectivity index (χ2v) is 5.05. The van der Waals surface area contributed by atoms with E-state index in [1.165, 1.54) is 0 Å². The molecule has 0 aliphatic rings. The second kappa shape index (κ2) is 6.36. The third kappa shape index (κ3) is 3.44. The van der Waals surface area contributed by atoms with Gasteiger partial charge in [0.15, 0.2) is 0 Å². The quantitative estimate of drug-likeness (QED) is 0.797. The molecule has 18 heavy (non-hydrogen) atoms. The van der Waals surface area contributed by atoms with Crippen LogP contribution in [-0.2, 0) is 6.54 Å². The molecule has 1 heterocycles. The molecule has 0 saturated heterocycles. The van der Waals surface area contributed by atoms with Crippen LogP contribution in [0.4, 0.5) is 0 Å². The Morgan fingerprint density at radius 1 is 1.39 bits per heavy atom. The van der Waals surface area contributed by atoms with E-state index in [1.807, 2.05) is 26.2 Å². The molecule has 0 saturated carbocycles. The fourth-order valence-electron chi connectivity index (χ4n) is 1.96. The van der Waals surface area contributed by atoms with E-state index in [4.69, 9.17) is 5.26 Å². The third-order valence-electron chi connectivity index (χ3n) is 2.91. The highest BCUT2D eigenvalue weighted by Gasteiger charge is 2.11. The maximum atomic E-state index is 12.1. The third-order valence-corrected chi connectivity index (χ3v) is 2.91. The average molecular weight is 247 g/mol. The first-order valence-electron chi connectivity index (χ1n) is 6.26. The lowest BCUT2D eigenvalue weighted by Gasteiger charge is -2.17. The molecule has 0 amide bonds. The maximum absolute atomic E-state index is 12.1. The number of pyridine rings is 1. The molecule has 0 atom stereocenters. The minimum Gasteiger partial charge on any atom is -0.311 e. The van der Waals surface area contributed by atoms with Crippen LogP contribution in [0.3, 0.4) is 0 Å². The summed E-state index contributed by atoms with van der Waals surface area (Å²) in [7, 11) is 4.02. The predicted octanol–water partition coefficient (Wildman–Crippen LogP) is 1.80. The first kappa shape index (κ1) is 14.5. The highest BCUT2D eigenvalue weighted by Crippen LogP contribution is 2.13. The van der Waals surface area contributed by atoms with Gasteiger partial charge >= 0.3 is 0 Å². The zero-order valence-corrected chi connectivity index (χ0v) is 11.6. The van der Waals surface area contributed by atoms with Gasteiger partial charge in [0.25, 0.3) is 5.56 Å². The largest absolute Gasteiger partial charge is 0.311 e. The van der Waals surface area contributed by atoms with E-state index >= 15 is 0 Å².